The number of hydrogen-bond donors (Lipinski definition) is 1. The van der Waals surface area contributed by atoms with Crippen LogP contribution in [0.25, 0.3) is 22.0 Å². The van der Waals surface area contributed by atoms with Gasteiger partial charge in [0, 0.05) is 17.1 Å². The second-order valence-electron chi connectivity index (χ2n) is 4.98. The Morgan fingerprint density at radius 3 is 2.30 bits per heavy atom. The van der Waals surface area contributed by atoms with Gasteiger partial charge in [0.2, 0.25) is 0 Å². The van der Waals surface area contributed by atoms with Gasteiger partial charge in [-0.3, -0.25) is 4.98 Å². The Hall–Kier alpha value is -2.89. The molecule has 0 radical (unpaired) electrons. The van der Waals surface area contributed by atoms with E-state index in [-0.39, 0.29) is 5.56 Å². The Balaban J connectivity index is 2.11. The molecule has 0 atom stereocenters. The Kier molecular flexibility index (Phi) is 3.52. The number of halogens is 3. The fraction of sp³-hybridized carbons (Fsp3) is 0.0588. The predicted molar refractivity (Wildman–Crippen MR) is 79.1 cm³/mol. The number of fused-ring (bicyclic) bond motifs is 1. The van der Waals surface area contributed by atoms with Crippen LogP contribution in [0.3, 0.4) is 0 Å². The summed E-state index contributed by atoms with van der Waals surface area (Å²) in [6.07, 6.45) is -2.89. The summed E-state index contributed by atoms with van der Waals surface area (Å²) in [6, 6.07) is 10.9. The van der Waals surface area contributed by atoms with E-state index in [1.54, 1.807) is 12.1 Å². The quantitative estimate of drug-likeness (QED) is 0.750. The highest BCUT2D eigenvalue weighted by atomic mass is 19.4. The van der Waals surface area contributed by atoms with Crippen molar-refractivity contribution in [1.82, 2.24) is 4.98 Å². The third-order valence-electron chi connectivity index (χ3n) is 3.50. The normalized spacial score (nSPS) is 11.6. The third-order valence-corrected chi connectivity index (χ3v) is 3.50. The minimum atomic E-state index is -4.39. The summed E-state index contributed by atoms with van der Waals surface area (Å²) in [5, 5.41) is 10.4. The molecule has 0 saturated heterocycles. The second-order valence-corrected chi connectivity index (χ2v) is 4.98. The fourth-order valence-electron chi connectivity index (χ4n) is 2.36. The van der Waals surface area contributed by atoms with Crippen LogP contribution in [0, 0.1) is 0 Å². The number of aromatic nitrogens is 1. The van der Waals surface area contributed by atoms with Crippen LogP contribution in [0.4, 0.5) is 13.2 Å². The number of aromatic carboxylic acids is 1. The molecule has 116 valence electrons. The molecule has 0 aliphatic heterocycles. The highest BCUT2D eigenvalue weighted by Gasteiger charge is 2.30. The van der Waals surface area contributed by atoms with Crippen molar-refractivity contribution in [2.24, 2.45) is 0 Å². The van der Waals surface area contributed by atoms with Gasteiger partial charge in [-0.2, -0.15) is 13.2 Å². The van der Waals surface area contributed by atoms with E-state index >= 15 is 0 Å². The average molecular weight is 317 g/mol. The summed E-state index contributed by atoms with van der Waals surface area (Å²) < 4.78 is 37.9. The highest BCUT2D eigenvalue weighted by Crippen LogP contribution is 2.32. The van der Waals surface area contributed by atoms with E-state index in [4.69, 9.17) is 5.11 Å². The van der Waals surface area contributed by atoms with Crippen molar-refractivity contribution in [3.05, 3.63) is 65.9 Å². The molecular weight excluding hydrogens is 307 g/mol. The molecule has 0 aliphatic carbocycles. The summed E-state index contributed by atoms with van der Waals surface area (Å²) in [7, 11) is 0. The molecule has 0 aliphatic rings. The van der Waals surface area contributed by atoms with Crippen LogP contribution >= 0.6 is 0 Å². The predicted octanol–water partition coefficient (Wildman–Crippen LogP) is 4.62. The monoisotopic (exact) mass is 317 g/mol. The number of alkyl halides is 3. The molecule has 6 heteroatoms. The van der Waals surface area contributed by atoms with E-state index in [9.17, 15) is 18.0 Å². The van der Waals surface area contributed by atoms with Crippen LogP contribution in [-0.4, -0.2) is 16.1 Å². The van der Waals surface area contributed by atoms with E-state index in [1.165, 1.54) is 30.5 Å². The first kappa shape index (κ1) is 15.0. The number of carboxylic acids is 1. The minimum absolute atomic E-state index is 0.141. The van der Waals surface area contributed by atoms with Crippen molar-refractivity contribution in [2.45, 2.75) is 6.18 Å². The maximum Gasteiger partial charge on any atom is 0.416 e. The molecule has 0 unspecified atom stereocenters. The Morgan fingerprint density at radius 2 is 1.70 bits per heavy atom. The summed E-state index contributed by atoms with van der Waals surface area (Å²) in [6.45, 7) is 0. The molecule has 1 N–H and O–H groups in total. The Morgan fingerprint density at radius 1 is 1.00 bits per heavy atom. The summed E-state index contributed by atoms with van der Waals surface area (Å²) in [5.41, 5.74) is 0.455. The molecule has 0 saturated carbocycles. The van der Waals surface area contributed by atoms with Gasteiger partial charge < -0.3 is 5.11 Å². The van der Waals surface area contributed by atoms with Crippen molar-refractivity contribution in [1.29, 1.82) is 0 Å². The minimum Gasteiger partial charge on any atom is -0.478 e. The molecule has 3 aromatic rings. The van der Waals surface area contributed by atoms with Crippen molar-refractivity contribution >= 4 is 16.7 Å². The number of benzene rings is 2. The van der Waals surface area contributed by atoms with Gasteiger partial charge in [0.1, 0.15) is 0 Å². The Bertz CT molecular complexity index is 886. The standard InChI is InChI=1S/C17H10F3NO2/c18-17(19,20)13-4-1-10(2-5-13)15-14-6-3-12(16(22)23)9-11(14)7-8-21-15/h1-9H,(H,22,23). The Labute approximate surface area is 129 Å². The largest absolute Gasteiger partial charge is 0.478 e. The van der Waals surface area contributed by atoms with Gasteiger partial charge in [-0.25, -0.2) is 4.79 Å². The van der Waals surface area contributed by atoms with Gasteiger partial charge in [-0.1, -0.05) is 18.2 Å². The number of hydrogen-bond acceptors (Lipinski definition) is 2. The molecule has 1 heterocycles. The summed E-state index contributed by atoms with van der Waals surface area (Å²) in [5.74, 6) is -1.04. The zero-order valence-electron chi connectivity index (χ0n) is 11.6. The number of pyridine rings is 1. The molecule has 0 spiro atoms. The molecular formula is C17H10F3NO2. The van der Waals surface area contributed by atoms with Crippen LogP contribution in [-0.2, 0) is 6.18 Å². The third kappa shape index (κ3) is 2.88. The molecule has 23 heavy (non-hydrogen) atoms. The molecule has 3 nitrogen and oxygen atoms in total. The van der Waals surface area contributed by atoms with Crippen LogP contribution < -0.4 is 0 Å². The van der Waals surface area contributed by atoms with Gasteiger partial charge in [-0.15, -0.1) is 0 Å². The van der Waals surface area contributed by atoms with E-state index < -0.39 is 17.7 Å². The van der Waals surface area contributed by atoms with Gasteiger partial charge in [-0.05, 0) is 35.7 Å². The summed E-state index contributed by atoms with van der Waals surface area (Å²) in [4.78, 5) is 15.2. The lowest BCUT2D eigenvalue weighted by Crippen LogP contribution is -2.04. The van der Waals surface area contributed by atoms with Crippen molar-refractivity contribution in [2.75, 3.05) is 0 Å². The molecule has 3 rings (SSSR count). The lowest BCUT2D eigenvalue weighted by Gasteiger charge is -2.09. The topological polar surface area (TPSA) is 50.2 Å². The number of nitrogens with zero attached hydrogens (tertiary/aromatic N) is 1. The molecule has 2 aromatic carbocycles. The van der Waals surface area contributed by atoms with Gasteiger partial charge in [0.05, 0.1) is 16.8 Å². The van der Waals surface area contributed by atoms with Crippen LogP contribution in [0.1, 0.15) is 15.9 Å². The van der Waals surface area contributed by atoms with E-state index in [0.29, 0.717) is 22.0 Å². The maximum atomic E-state index is 12.6. The average Bonchev–Trinajstić information content (AvgIpc) is 2.53. The number of rotatable bonds is 2. The van der Waals surface area contributed by atoms with Gasteiger partial charge in [0.15, 0.2) is 0 Å². The maximum absolute atomic E-state index is 12.6. The van der Waals surface area contributed by atoms with Gasteiger partial charge >= 0.3 is 12.1 Å². The van der Waals surface area contributed by atoms with E-state index in [1.807, 2.05) is 0 Å². The molecule has 0 fully saturated rings. The van der Waals surface area contributed by atoms with Crippen LogP contribution in [0.5, 0.6) is 0 Å². The zero-order chi connectivity index (χ0) is 16.6. The first-order valence-corrected chi connectivity index (χ1v) is 6.66. The van der Waals surface area contributed by atoms with Crippen LogP contribution in [0.15, 0.2) is 54.7 Å². The SMILES string of the molecule is O=C(O)c1ccc2c(-c3ccc(C(F)(F)F)cc3)nccc2c1. The molecule has 1 aromatic heterocycles. The van der Waals surface area contributed by atoms with E-state index in [0.717, 1.165) is 12.1 Å². The molecule has 0 amide bonds. The van der Waals surface area contributed by atoms with Crippen molar-refractivity contribution < 1.29 is 23.1 Å². The van der Waals surface area contributed by atoms with E-state index in [2.05, 4.69) is 4.98 Å². The number of carboxylic acid groups (broad SMARTS) is 1. The van der Waals surface area contributed by atoms with Crippen LogP contribution in [0.2, 0.25) is 0 Å². The number of carbonyl (C=O) groups is 1. The fourth-order valence-corrected chi connectivity index (χ4v) is 2.36. The smallest absolute Gasteiger partial charge is 0.416 e. The lowest BCUT2D eigenvalue weighted by molar-refractivity contribution is -0.137. The van der Waals surface area contributed by atoms with Crippen molar-refractivity contribution in [3.8, 4) is 11.3 Å². The first-order chi connectivity index (χ1) is 10.9. The molecule has 0 bridgehead atoms. The zero-order valence-corrected chi connectivity index (χ0v) is 11.6. The second kappa shape index (κ2) is 5.39. The summed E-state index contributed by atoms with van der Waals surface area (Å²) >= 11 is 0. The van der Waals surface area contributed by atoms with Crippen molar-refractivity contribution in [3.63, 3.8) is 0 Å². The highest BCUT2D eigenvalue weighted by molar-refractivity contribution is 5.99. The lowest BCUT2D eigenvalue weighted by atomic mass is 10.0. The first-order valence-electron chi connectivity index (χ1n) is 6.66. The van der Waals surface area contributed by atoms with Gasteiger partial charge in [0.25, 0.3) is 0 Å².